The number of aryl methyl sites for hydroxylation is 1. The molecular weight excluding hydrogens is 321 g/mol. The maximum absolute atomic E-state index is 13.5. The van der Waals surface area contributed by atoms with Crippen LogP contribution in [0.15, 0.2) is 30.6 Å². The Morgan fingerprint density at radius 1 is 1.26 bits per heavy atom. The van der Waals surface area contributed by atoms with E-state index in [4.69, 9.17) is 22.1 Å². The summed E-state index contributed by atoms with van der Waals surface area (Å²) in [6.45, 7) is 3.67. The van der Waals surface area contributed by atoms with Gasteiger partial charge in [0.05, 0.1) is 11.4 Å². The molecule has 0 spiro atoms. The Hall–Kier alpha value is -2.67. The Morgan fingerprint density at radius 3 is 2.78 bits per heavy atom. The molecule has 2 heterocycles. The minimum absolute atomic E-state index is 0.0983. The number of ether oxygens (including phenoxy) is 1. The first-order valence-corrected chi connectivity index (χ1v) is 7.11. The van der Waals surface area contributed by atoms with E-state index in [-0.39, 0.29) is 22.5 Å². The number of halogens is 2. The number of nitrogens with zero attached hydrogens (tertiary/aromatic N) is 4. The third-order valence-corrected chi connectivity index (χ3v) is 3.65. The highest BCUT2D eigenvalue weighted by molar-refractivity contribution is 6.32. The predicted octanol–water partition coefficient (Wildman–Crippen LogP) is 3.45. The number of hydrogen-bond acceptors (Lipinski definition) is 5. The molecule has 1 aromatic carbocycles. The summed E-state index contributed by atoms with van der Waals surface area (Å²) < 4.78 is 20.8. The molecule has 0 fully saturated rings. The van der Waals surface area contributed by atoms with Crippen molar-refractivity contribution in [1.82, 2.24) is 19.7 Å². The van der Waals surface area contributed by atoms with Crippen LogP contribution in [0.5, 0.6) is 11.8 Å². The van der Waals surface area contributed by atoms with Crippen LogP contribution in [0.1, 0.15) is 11.3 Å². The summed E-state index contributed by atoms with van der Waals surface area (Å²) in [5, 5.41) is 4.48. The molecule has 0 radical (unpaired) electrons. The lowest BCUT2D eigenvalue weighted by atomic mass is 10.3. The molecule has 0 unspecified atom stereocenters. The maximum atomic E-state index is 13.5. The Labute approximate surface area is 136 Å². The van der Waals surface area contributed by atoms with Crippen LogP contribution in [-0.2, 0) is 0 Å². The van der Waals surface area contributed by atoms with Gasteiger partial charge < -0.3 is 10.5 Å². The number of nitrogen functional groups attached to an aromatic ring is 1. The molecule has 8 heteroatoms. The lowest BCUT2D eigenvalue weighted by Gasteiger charge is -2.11. The maximum Gasteiger partial charge on any atom is 0.249 e. The van der Waals surface area contributed by atoms with E-state index in [9.17, 15) is 4.39 Å². The fraction of sp³-hybridized carbons (Fsp3) is 0.133. The van der Waals surface area contributed by atoms with Gasteiger partial charge in [0.2, 0.25) is 11.8 Å². The summed E-state index contributed by atoms with van der Waals surface area (Å²) in [5.74, 6) is 0.129. The van der Waals surface area contributed by atoms with Crippen molar-refractivity contribution in [3.63, 3.8) is 0 Å². The fourth-order valence-electron chi connectivity index (χ4n) is 2.02. The van der Waals surface area contributed by atoms with E-state index in [0.717, 1.165) is 11.3 Å². The molecule has 2 N–H and O–H groups in total. The van der Waals surface area contributed by atoms with E-state index < -0.39 is 0 Å². The summed E-state index contributed by atoms with van der Waals surface area (Å²) in [6.07, 6.45) is 1.25. The predicted molar refractivity (Wildman–Crippen MR) is 84.5 cm³/mol. The fourth-order valence-corrected chi connectivity index (χ4v) is 2.14. The monoisotopic (exact) mass is 333 g/mol. The molecule has 0 aliphatic rings. The summed E-state index contributed by atoms with van der Waals surface area (Å²) in [7, 11) is 0. The molecule has 0 saturated carbocycles. The van der Waals surface area contributed by atoms with Gasteiger partial charge in [0.1, 0.15) is 17.8 Å². The molecule has 6 nitrogen and oxygen atoms in total. The van der Waals surface area contributed by atoms with Gasteiger partial charge in [-0.2, -0.15) is 10.1 Å². The molecule has 0 aliphatic carbocycles. The number of hydrogen-bond donors (Lipinski definition) is 1. The van der Waals surface area contributed by atoms with Crippen molar-refractivity contribution in [3.05, 3.63) is 52.8 Å². The largest absolute Gasteiger partial charge is 0.418 e. The molecule has 2 aromatic heterocycles. The first-order valence-electron chi connectivity index (χ1n) is 6.73. The van der Waals surface area contributed by atoms with Crippen molar-refractivity contribution in [2.24, 2.45) is 0 Å². The number of nitrogens with two attached hydrogens (primary N) is 1. The molecule has 3 aromatic rings. The van der Waals surface area contributed by atoms with E-state index in [1.54, 1.807) is 12.1 Å². The first kappa shape index (κ1) is 15.2. The van der Waals surface area contributed by atoms with Gasteiger partial charge in [-0.1, -0.05) is 17.7 Å². The summed E-state index contributed by atoms with van der Waals surface area (Å²) in [5.41, 5.74) is 7.99. The molecule has 0 saturated heterocycles. The van der Waals surface area contributed by atoms with Gasteiger partial charge in [0, 0.05) is 5.56 Å². The summed E-state index contributed by atoms with van der Waals surface area (Å²) >= 11 is 5.87. The third-order valence-electron chi connectivity index (χ3n) is 3.35. The van der Waals surface area contributed by atoms with E-state index in [1.807, 2.05) is 13.8 Å². The Balaban J connectivity index is 2.11. The van der Waals surface area contributed by atoms with Gasteiger partial charge in [0.25, 0.3) is 0 Å². The Bertz CT molecular complexity index is 880. The highest BCUT2D eigenvalue weighted by atomic mass is 35.5. The van der Waals surface area contributed by atoms with Crippen LogP contribution < -0.4 is 10.5 Å². The van der Waals surface area contributed by atoms with Crippen molar-refractivity contribution in [3.8, 4) is 17.4 Å². The second kappa shape index (κ2) is 5.85. The van der Waals surface area contributed by atoms with Crippen molar-refractivity contribution in [2.75, 3.05) is 5.73 Å². The van der Waals surface area contributed by atoms with Crippen molar-refractivity contribution in [2.45, 2.75) is 13.8 Å². The molecule has 0 bridgehead atoms. The standard InChI is InChI=1S/C15H13ClFN5O/c1-8-9(2)21-22(11-5-3-4-10(17)6-11)15(8)23-14-12(18)13(16)19-7-20-14/h3-7H,18H2,1-2H3. The molecule has 0 amide bonds. The quantitative estimate of drug-likeness (QED) is 0.743. The second-order valence-electron chi connectivity index (χ2n) is 4.89. The molecule has 3 rings (SSSR count). The van der Waals surface area contributed by atoms with Crippen LogP contribution >= 0.6 is 11.6 Å². The van der Waals surface area contributed by atoms with Crippen LogP contribution in [0, 0.1) is 19.7 Å². The number of rotatable bonds is 3. The van der Waals surface area contributed by atoms with Crippen molar-refractivity contribution >= 4 is 17.3 Å². The van der Waals surface area contributed by atoms with Crippen LogP contribution in [0.2, 0.25) is 5.15 Å². The average Bonchev–Trinajstić information content (AvgIpc) is 2.80. The van der Waals surface area contributed by atoms with Gasteiger partial charge in [-0.05, 0) is 32.0 Å². The Kier molecular flexibility index (Phi) is 3.87. The zero-order valence-corrected chi connectivity index (χ0v) is 13.2. The third kappa shape index (κ3) is 2.83. The van der Waals surface area contributed by atoms with Gasteiger partial charge in [-0.3, -0.25) is 0 Å². The number of aromatic nitrogens is 4. The van der Waals surface area contributed by atoms with Gasteiger partial charge in [-0.25, -0.2) is 14.1 Å². The van der Waals surface area contributed by atoms with E-state index >= 15 is 0 Å². The molecule has 0 aliphatic heterocycles. The smallest absolute Gasteiger partial charge is 0.249 e. The van der Waals surface area contributed by atoms with E-state index in [1.165, 1.54) is 23.1 Å². The van der Waals surface area contributed by atoms with E-state index in [2.05, 4.69) is 15.1 Å². The zero-order valence-electron chi connectivity index (χ0n) is 12.4. The molecular formula is C15H13ClFN5O. The van der Waals surface area contributed by atoms with Gasteiger partial charge in [0.15, 0.2) is 5.15 Å². The summed E-state index contributed by atoms with van der Waals surface area (Å²) in [4.78, 5) is 7.76. The first-order chi connectivity index (χ1) is 11.0. The topological polar surface area (TPSA) is 78.8 Å². The van der Waals surface area contributed by atoms with Crippen LogP contribution in [-0.4, -0.2) is 19.7 Å². The normalized spacial score (nSPS) is 10.8. The van der Waals surface area contributed by atoms with Gasteiger partial charge in [-0.15, -0.1) is 0 Å². The van der Waals surface area contributed by atoms with Gasteiger partial charge >= 0.3 is 0 Å². The second-order valence-corrected chi connectivity index (χ2v) is 5.25. The molecule has 0 atom stereocenters. The average molecular weight is 334 g/mol. The number of benzene rings is 1. The highest BCUT2D eigenvalue weighted by Gasteiger charge is 2.18. The minimum Gasteiger partial charge on any atom is -0.418 e. The molecule has 118 valence electrons. The lowest BCUT2D eigenvalue weighted by molar-refractivity contribution is 0.426. The Morgan fingerprint density at radius 2 is 2.04 bits per heavy atom. The van der Waals surface area contributed by atoms with Crippen molar-refractivity contribution in [1.29, 1.82) is 0 Å². The highest BCUT2D eigenvalue weighted by Crippen LogP contribution is 2.33. The summed E-state index contributed by atoms with van der Waals surface area (Å²) in [6, 6.07) is 6.03. The van der Waals surface area contributed by atoms with Crippen LogP contribution in [0.4, 0.5) is 10.1 Å². The molecule has 23 heavy (non-hydrogen) atoms. The van der Waals surface area contributed by atoms with E-state index in [0.29, 0.717) is 11.6 Å². The lowest BCUT2D eigenvalue weighted by Crippen LogP contribution is -2.03. The van der Waals surface area contributed by atoms with Crippen LogP contribution in [0.25, 0.3) is 5.69 Å². The van der Waals surface area contributed by atoms with Crippen LogP contribution in [0.3, 0.4) is 0 Å². The zero-order chi connectivity index (χ0) is 16.6. The minimum atomic E-state index is -0.371. The number of anilines is 1. The SMILES string of the molecule is Cc1nn(-c2cccc(F)c2)c(Oc2ncnc(Cl)c2N)c1C. The van der Waals surface area contributed by atoms with Crippen molar-refractivity contribution < 1.29 is 9.13 Å².